The fraction of sp³-hybridized carbons (Fsp3) is 0.0667. The molecule has 0 aliphatic heterocycles. The van der Waals surface area contributed by atoms with Crippen LogP contribution in [0.5, 0.6) is 0 Å². The summed E-state index contributed by atoms with van der Waals surface area (Å²) in [6.45, 7) is 0. The van der Waals surface area contributed by atoms with Gasteiger partial charge in [0, 0.05) is 30.3 Å². The molecular formula is C15H10N2O5. The monoisotopic (exact) mass is 298 g/mol. The highest BCUT2D eigenvalue weighted by molar-refractivity contribution is 6.10. The third-order valence-corrected chi connectivity index (χ3v) is 3.39. The normalized spacial score (nSPS) is 10.8. The molecule has 110 valence electrons. The lowest BCUT2D eigenvalue weighted by atomic mass is 10.0. The number of hydrogen-bond donors (Lipinski definition) is 0. The van der Waals surface area contributed by atoms with Gasteiger partial charge in [-0.05, 0) is 30.3 Å². The fourth-order valence-electron chi connectivity index (χ4n) is 2.17. The number of ketones is 1. The van der Waals surface area contributed by atoms with Crippen molar-refractivity contribution in [3.05, 3.63) is 74.3 Å². The summed E-state index contributed by atoms with van der Waals surface area (Å²) in [6.07, 6.45) is 0. The number of non-ortho nitro benzene ring substituents is 1. The highest BCUT2D eigenvalue weighted by Crippen LogP contribution is 2.19. The van der Waals surface area contributed by atoms with Crippen LogP contribution < -0.4 is 5.76 Å². The van der Waals surface area contributed by atoms with Gasteiger partial charge in [-0.1, -0.05) is 0 Å². The predicted molar refractivity (Wildman–Crippen MR) is 78.0 cm³/mol. The Balaban J connectivity index is 2.02. The first kappa shape index (κ1) is 13.7. The number of carbonyl (C=O) groups excluding carboxylic acids is 1. The van der Waals surface area contributed by atoms with E-state index < -0.39 is 10.7 Å². The van der Waals surface area contributed by atoms with Crippen LogP contribution in [0.3, 0.4) is 0 Å². The van der Waals surface area contributed by atoms with Crippen LogP contribution in [0.15, 0.2) is 51.7 Å². The van der Waals surface area contributed by atoms with Crippen molar-refractivity contribution in [2.75, 3.05) is 0 Å². The number of rotatable bonds is 3. The molecule has 0 N–H and O–H groups in total. The topological polar surface area (TPSA) is 95.3 Å². The van der Waals surface area contributed by atoms with Crippen molar-refractivity contribution >= 4 is 22.6 Å². The first-order valence-electron chi connectivity index (χ1n) is 6.36. The summed E-state index contributed by atoms with van der Waals surface area (Å²) in [4.78, 5) is 33.9. The van der Waals surface area contributed by atoms with Crippen LogP contribution in [0.25, 0.3) is 11.1 Å². The SMILES string of the molecule is Cn1c(=O)oc2ccc(C(=O)c3ccc([N+](=O)[O-])cc3)cc21. The molecule has 0 amide bonds. The molecule has 0 radical (unpaired) electrons. The highest BCUT2D eigenvalue weighted by atomic mass is 16.6. The van der Waals surface area contributed by atoms with Crippen molar-refractivity contribution in [3.8, 4) is 0 Å². The summed E-state index contributed by atoms with van der Waals surface area (Å²) < 4.78 is 6.31. The average molecular weight is 298 g/mol. The first-order chi connectivity index (χ1) is 10.5. The molecule has 0 unspecified atom stereocenters. The summed E-state index contributed by atoms with van der Waals surface area (Å²) in [5.41, 5.74) is 1.53. The molecule has 0 spiro atoms. The number of oxazole rings is 1. The number of aromatic nitrogens is 1. The number of carbonyl (C=O) groups is 1. The first-order valence-corrected chi connectivity index (χ1v) is 6.36. The number of nitro groups is 1. The molecule has 2 aromatic carbocycles. The van der Waals surface area contributed by atoms with Crippen LogP contribution in [0.2, 0.25) is 0 Å². The van der Waals surface area contributed by atoms with E-state index in [2.05, 4.69) is 0 Å². The molecule has 0 atom stereocenters. The third-order valence-electron chi connectivity index (χ3n) is 3.39. The van der Waals surface area contributed by atoms with E-state index >= 15 is 0 Å². The predicted octanol–water partition coefficient (Wildman–Crippen LogP) is 2.27. The third kappa shape index (κ3) is 2.18. The van der Waals surface area contributed by atoms with Crippen molar-refractivity contribution in [1.29, 1.82) is 0 Å². The molecule has 7 heteroatoms. The van der Waals surface area contributed by atoms with Gasteiger partial charge in [0.25, 0.3) is 5.69 Å². The Bertz CT molecular complexity index is 950. The van der Waals surface area contributed by atoms with Gasteiger partial charge in [-0.2, -0.15) is 0 Å². The minimum Gasteiger partial charge on any atom is -0.408 e. The van der Waals surface area contributed by atoms with E-state index in [1.165, 1.54) is 28.8 Å². The second-order valence-corrected chi connectivity index (χ2v) is 4.74. The Morgan fingerprint density at radius 3 is 2.41 bits per heavy atom. The maximum absolute atomic E-state index is 12.4. The second kappa shape index (κ2) is 4.96. The van der Waals surface area contributed by atoms with E-state index in [9.17, 15) is 19.7 Å². The van der Waals surface area contributed by atoms with Crippen LogP contribution in [-0.4, -0.2) is 15.3 Å². The van der Waals surface area contributed by atoms with Crippen LogP contribution in [0, 0.1) is 10.1 Å². The number of nitro benzene ring substituents is 1. The number of hydrogen-bond acceptors (Lipinski definition) is 5. The van der Waals surface area contributed by atoms with Crippen molar-refractivity contribution in [1.82, 2.24) is 4.57 Å². The summed E-state index contributed by atoms with van der Waals surface area (Å²) in [5.74, 6) is -0.791. The summed E-state index contributed by atoms with van der Waals surface area (Å²) in [7, 11) is 1.55. The summed E-state index contributed by atoms with van der Waals surface area (Å²) >= 11 is 0. The quantitative estimate of drug-likeness (QED) is 0.420. The zero-order chi connectivity index (χ0) is 15.9. The maximum atomic E-state index is 12.4. The van der Waals surface area contributed by atoms with Gasteiger partial charge >= 0.3 is 5.76 Å². The summed E-state index contributed by atoms with van der Waals surface area (Å²) in [5, 5.41) is 10.6. The van der Waals surface area contributed by atoms with Crippen molar-refractivity contribution < 1.29 is 14.1 Å². The Morgan fingerprint density at radius 1 is 1.14 bits per heavy atom. The largest absolute Gasteiger partial charge is 0.419 e. The number of fused-ring (bicyclic) bond motifs is 1. The number of benzene rings is 2. The zero-order valence-corrected chi connectivity index (χ0v) is 11.5. The minimum atomic E-state index is -0.526. The molecule has 0 aliphatic rings. The fourth-order valence-corrected chi connectivity index (χ4v) is 2.17. The number of aryl methyl sites for hydroxylation is 1. The van der Waals surface area contributed by atoms with Crippen LogP contribution >= 0.6 is 0 Å². The van der Waals surface area contributed by atoms with Crippen LogP contribution in [-0.2, 0) is 7.05 Å². The lowest BCUT2D eigenvalue weighted by molar-refractivity contribution is -0.384. The molecule has 7 nitrogen and oxygen atoms in total. The minimum absolute atomic E-state index is 0.0794. The molecule has 1 aromatic heterocycles. The van der Waals surface area contributed by atoms with Gasteiger partial charge < -0.3 is 4.42 Å². The van der Waals surface area contributed by atoms with Gasteiger partial charge in [-0.15, -0.1) is 0 Å². The molecule has 3 aromatic rings. The molecule has 0 fully saturated rings. The Morgan fingerprint density at radius 2 is 1.77 bits per heavy atom. The molecule has 0 aliphatic carbocycles. The lowest BCUT2D eigenvalue weighted by Gasteiger charge is -2.02. The standard InChI is InChI=1S/C15H10N2O5/c1-16-12-8-10(4-7-13(12)22-15(16)19)14(18)9-2-5-11(6-3-9)17(20)21/h2-8H,1H3. The number of nitrogens with zero attached hydrogens (tertiary/aromatic N) is 2. The van der Waals surface area contributed by atoms with Gasteiger partial charge in [0.05, 0.1) is 10.4 Å². The molecular weight excluding hydrogens is 288 g/mol. The van der Waals surface area contributed by atoms with E-state index in [1.54, 1.807) is 25.2 Å². The maximum Gasteiger partial charge on any atom is 0.419 e. The Labute approximate surface area is 123 Å². The van der Waals surface area contributed by atoms with Gasteiger partial charge in [0.2, 0.25) is 0 Å². The van der Waals surface area contributed by atoms with Gasteiger partial charge in [-0.3, -0.25) is 19.5 Å². The van der Waals surface area contributed by atoms with Crippen molar-refractivity contribution in [3.63, 3.8) is 0 Å². The molecule has 1 heterocycles. The average Bonchev–Trinajstić information content (AvgIpc) is 2.81. The Kier molecular flexibility index (Phi) is 3.10. The molecule has 0 saturated carbocycles. The smallest absolute Gasteiger partial charge is 0.408 e. The van der Waals surface area contributed by atoms with Crippen LogP contribution in [0.1, 0.15) is 15.9 Å². The van der Waals surface area contributed by atoms with E-state index in [0.717, 1.165) is 0 Å². The van der Waals surface area contributed by atoms with E-state index in [1.807, 2.05) is 0 Å². The van der Waals surface area contributed by atoms with E-state index in [-0.39, 0.29) is 11.5 Å². The lowest BCUT2D eigenvalue weighted by Crippen LogP contribution is -2.08. The molecule has 0 saturated heterocycles. The second-order valence-electron chi connectivity index (χ2n) is 4.74. The van der Waals surface area contributed by atoms with Crippen LogP contribution in [0.4, 0.5) is 5.69 Å². The zero-order valence-electron chi connectivity index (χ0n) is 11.5. The van der Waals surface area contributed by atoms with Gasteiger partial charge in [0.1, 0.15) is 0 Å². The highest BCUT2D eigenvalue weighted by Gasteiger charge is 2.14. The van der Waals surface area contributed by atoms with Crippen molar-refractivity contribution in [2.24, 2.45) is 7.05 Å². The Hall–Kier alpha value is -3.22. The molecule has 0 bridgehead atoms. The molecule has 3 rings (SSSR count). The van der Waals surface area contributed by atoms with Gasteiger partial charge in [0.15, 0.2) is 11.4 Å². The molecule has 22 heavy (non-hydrogen) atoms. The van der Waals surface area contributed by atoms with E-state index in [4.69, 9.17) is 4.42 Å². The van der Waals surface area contributed by atoms with E-state index in [0.29, 0.717) is 22.2 Å². The summed E-state index contributed by atoms with van der Waals surface area (Å²) in [6, 6.07) is 10.0. The van der Waals surface area contributed by atoms with Crippen molar-refractivity contribution in [2.45, 2.75) is 0 Å². The van der Waals surface area contributed by atoms with Gasteiger partial charge in [-0.25, -0.2) is 4.79 Å².